The summed E-state index contributed by atoms with van der Waals surface area (Å²) >= 11 is 1.00. The molecule has 0 aliphatic carbocycles. The molecule has 0 spiro atoms. The molecule has 4 heteroatoms. The zero-order valence-corrected chi connectivity index (χ0v) is 8.39. The smallest absolute Gasteiger partial charge is 0.365 e. The van der Waals surface area contributed by atoms with E-state index in [-0.39, 0.29) is 5.25 Å². The average Bonchev–Trinajstić information content (AvgIpc) is 2.00. The van der Waals surface area contributed by atoms with Crippen molar-refractivity contribution in [2.45, 2.75) is 31.4 Å². The molecule has 3 nitrogen and oxygen atoms in total. The van der Waals surface area contributed by atoms with E-state index in [1.807, 2.05) is 0 Å². The van der Waals surface area contributed by atoms with Gasteiger partial charge in [0.2, 0.25) is 0 Å². The Balaban J connectivity index is 3.61. The fourth-order valence-corrected chi connectivity index (χ4v) is 1.83. The summed E-state index contributed by atoms with van der Waals surface area (Å²) in [5.74, 6) is 0. The van der Waals surface area contributed by atoms with Gasteiger partial charge in [0.05, 0.1) is 0 Å². The first kappa shape index (κ1) is 11.8. The van der Waals surface area contributed by atoms with Crippen LogP contribution in [0.5, 0.6) is 0 Å². The number of ether oxygens (including phenoxy) is 1. The molecule has 0 fully saturated rings. The molecule has 0 saturated heterocycles. The van der Waals surface area contributed by atoms with Gasteiger partial charge in [-0.25, -0.2) is 4.79 Å². The lowest BCUT2D eigenvalue weighted by molar-refractivity contribution is 0.193. The van der Waals surface area contributed by atoms with Crippen molar-refractivity contribution in [1.29, 1.82) is 0 Å². The highest BCUT2D eigenvalue weighted by Crippen LogP contribution is 2.20. The second-order valence-corrected chi connectivity index (χ2v) is 3.83. The molecule has 72 valence electrons. The Hall–Kier alpha value is -0.220. The third-order valence-electron chi connectivity index (χ3n) is 1.52. The first-order valence-corrected chi connectivity index (χ1v) is 4.97. The molecule has 1 N–H and O–H groups in total. The van der Waals surface area contributed by atoms with Crippen LogP contribution in [0.4, 0.5) is 4.79 Å². The summed E-state index contributed by atoms with van der Waals surface area (Å²) in [6.07, 6.45) is 2.79. The fraction of sp³-hybridized carbons (Fsp3) is 0.875. The zero-order valence-electron chi connectivity index (χ0n) is 7.58. The molecule has 0 aromatic carbocycles. The molecule has 0 rings (SSSR count). The Morgan fingerprint density at radius 2 is 2.25 bits per heavy atom. The monoisotopic (exact) mass is 192 g/mol. The average molecular weight is 192 g/mol. The van der Waals surface area contributed by atoms with Gasteiger partial charge in [-0.2, -0.15) is 0 Å². The summed E-state index contributed by atoms with van der Waals surface area (Å²) < 4.78 is 4.89. The van der Waals surface area contributed by atoms with E-state index in [1.165, 1.54) is 0 Å². The third-order valence-corrected chi connectivity index (χ3v) is 2.53. The maximum atomic E-state index is 10.4. The normalized spacial score (nSPS) is 12.8. The maximum absolute atomic E-state index is 10.4. The van der Waals surface area contributed by atoms with Crippen LogP contribution in [0.15, 0.2) is 0 Å². The summed E-state index contributed by atoms with van der Waals surface area (Å²) in [6.45, 7) is 2.70. The van der Waals surface area contributed by atoms with Gasteiger partial charge in [-0.1, -0.05) is 13.3 Å². The molecule has 12 heavy (non-hydrogen) atoms. The minimum absolute atomic E-state index is 0.201. The molecule has 0 saturated carbocycles. The third kappa shape index (κ3) is 6.49. The van der Waals surface area contributed by atoms with E-state index in [1.54, 1.807) is 7.11 Å². The predicted molar refractivity (Wildman–Crippen MR) is 50.8 cm³/mol. The molecule has 0 heterocycles. The van der Waals surface area contributed by atoms with Crippen LogP contribution < -0.4 is 0 Å². The van der Waals surface area contributed by atoms with Crippen molar-refractivity contribution in [3.8, 4) is 0 Å². The van der Waals surface area contributed by atoms with Crippen molar-refractivity contribution in [3.63, 3.8) is 0 Å². The Bertz CT molecular complexity index is 127. The second kappa shape index (κ2) is 7.43. The van der Waals surface area contributed by atoms with Crippen LogP contribution in [-0.4, -0.2) is 29.4 Å². The van der Waals surface area contributed by atoms with E-state index >= 15 is 0 Å². The lowest BCUT2D eigenvalue weighted by Gasteiger charge is -2.11. The standard InChI is InChI=1S/C8H16O3S/c1-3-4-7(5-6-11-2)12-8(9)10/h7H,3-6H2,1-2H3,(H,9,10). The summed E-state index contributed by atoms with van der Waals surface area (Å²) in [6, 6.07) is 0. The molecule has 0 aromatic rings. The van der Waals surface area contributed by atoms with Gasteiger partial charge in [0, 0.05) is 19.0 Å². The number of thioether (sulfide) groups is 1. The number of methoxy groups -OCH3 is 1. The minimum Gasteiger partial charge on any atom is -0.473 e. The van der Waals surface area contributed by atoms with Gasteiger partial charge in [0.1, 0.15) is 0 Å². The van der Waals surface area contributed by atoms with Gasteiger partial charge in [-0.05, 0) is 24.6 Å². The fourth-order valence-electron chi connectivity index (χ4n) is 0.976. The van der Waals surface area contributed by atoms with Crippen molar-refractivity contribution in [2.24, 2.45) is 0 Å². The first-order chi connectivity index (χ1) is 5.70. The van der Waals surface area contributed by atoms with Gasteiger partial charge in [0.25, 0.3) is 0 Å². The molecule has 0 aromatic heterocycles. The van der Waals surface area contributed by atoms with E-state index in [0.717, 1.165) is 31.0 Å². The quantitative estimate of drug-likeness (QED) is 0.702. The first-order valence-electron chi connectivity index (χ1n) is 4.09. The van der Waals surface area contributed by atoms with Gasteiger partial charge in [-0.15, -0.1) is 0 Å². The van der Waals surface area contributed by atoms with Crippen molar-refractivity contribution < 1.29 is 14.6 Å². The highest BCUT2D eigenvalue weighted by molar-refractivity contribution is 8.13. The van der Waals surface area contributed by atoms with E-state index < -0.39 is 5.30 Å². The lowest BCUT2D eigenvalue weighted by Crippen LogP contribution is -2.08. The summed E-state index contributed by atoms with van der Waals surface area (Å²) in [7, 11) is 1.63. The van der Waals surface area contributed by atoms with Crippen LogP contribution >= 0.6 is 11.8 Å². The lowest BCUT2D eigenvalue weighted by atomic mass is 10.2. The SMILES string of the molecule is CCCC(CCOC)SC(=O)O. The predicted octanol–water partition coefficient (Wildman–Crippen LogP) is 2.60. The van der Waals surface area contributed by atoms with Crippen LogP contribution in [0.2, 0.25) is 0 Å². The molecule has 0 bridgehead atoms. The van der Waals surface area contributed by atoms with Crippen LogP contribution in [0.1, 0.15) is 26.2 Å². The van der Waals surface area contributed by atoms with Gasteiger partial charge in [-0.3, -0.25) is 0 Å². The number of hydrogen-bond acceptors (Lipinski definition) is 3. The molecule has 0 aliphatic heterocycles. The number of rotatable bonds is 6. The Kier molecular flexibility index (Phi) is 7.29. The van der Waals surface area contributed by atoms with Gasteiger partial charge < -0.3 is 9.84 Å². The minimum atomic E-state index is -0.787. The zero-order chi connectivity index (χ0) is 9.40. The van der Waals surface area contributed by atoms with E-state index in [0.29, 0.717) is 6.61 Å². The van der Waals surface area contributed by atoms with E-state index in [4.69, 9.17) is 9.84 Å². The van der Waals surface area contributed by atoms with Crippen LogP contribution in [0.3, 0.4) is 0 Å². The molecule has 0 radical (unpaired) electrons. The molecular weight excluding hydrogens is 176 g/mol. The topological polar surface area (TPSA) is 46.5 Å². The van der Waals surface area contributed by atoms with Crippen LogP contribution in [0, 0.1) is 0 Å². The highest BCUT2D eigenvalue weighted by Gasteiger charge is 2.12. The summed E-state index contributed by atoms with van der Waals surface area (Å²) in [5.41, 5.74) is 0. The Labute approximate surface area is 77.5 Å². The molecule has 1 atom stereocenters. The highest BCUT2D eigenvalue weighted by atomic mass is 32.2. The number of hydrogen-bond donors (Lipinski definition) is 1. The number of carboxylic acid groups (broad SMARTS) is 1. The molecule has 0 amide bonds. The van der Waals surface area contributed by atoms with Gasteiger partial charge >= 0.3 is 5.30 Å². The number of carbonyl (C=O) groups is 1. The second-order valence-electron chi connectivity index (χ2n) is 2.58. The van der Waals surface area contributed by atoms with Crippen LogP contribution in [0.25, 0.3) is 0 Å². The van der Waals surface area contributed by atoms with Crippen LogP contribution in [-0.2, 0) is 4.74 Å². The molecule has 0 aliphatic rings. The van der Waals surface area contributed by atoms with Crippen molar-refractivity contribution in [1.82, 2.24) is 0 Å². The van der Waals surface area contributed by atoms with E-state index in [9.17, 15) is 4.79 Å². The summed E-state index contributed by atoms with van der Waals surface area (Å²) in [4.78, 5) is 10.4. The van der Waals surface area contributed by atoms with Crippen molar-refractivity contribution >= 4 is 17.1 Å². The Morgan fingerprint density at radius 1 is 1.58 bits per heavy atom. The van der Waals surface area contributed by atoms with Crippen molar-refractivity contribution in [2.75, 3.05) is 13.7 Å². The molecular formula is C8H16O3S. The van der Waals surface area contributed by atoms with E-state index in [2.05, 4.69) is 6.92 Å². The van der Waals surface area contributed by atoms with Crippen molar-refractivity contribution in [3.05, 3.63) is 0 Å². The maximum Gasteiger partial charge on any atom is 0.365 e. The summed E-state index contributed by atoms with van der Waals surface area (Å²) in [5, 5.41) is 7.95. The Morgan fingerprint density at radius 3 is 2.67 bits per heavy atom. The largest absolute Gasteiger partial charge is 0.473 e. The molecule has 1 unspecified atom stereocenters. The van der Waals surface area contributed by atoms with Gasteiger partial charge in [0.15, 0.2) is 0 Å².